The minimum absolute atomic E-state index is 0.109. The Balaban J connectivity index is 2.13. The molecule has 0 amide bonds. The lowest BCUT2D eigenvalue weighted by Crippen LogP contribution is -2.28. The molecule has 3 aromatic rings. The second-order valence-corrected chi connectivity index (χ2v) is 5.76. The van der Waals surface area contributed by atoms with Crippen molar-refractivity contribution in [1.29, 1.82) is 0 Å². The maximum Gasteiger partial charge on any atom is 0.265 e. The summed E-state index contributed by atoms with van der Waals surface area (Å²) in [5.41, 5.74) is 2.78. The Morgan fingerprint density at radius 3 is 2.83 bits per heavy atom. The summed E-state index contributed by atoms with van der Waals surface area (Å²) < 4.78 is 3.27. The van der Waals surface area contributed by atoms with E-state index in [0.717, 1.165) is 16.7 Å². The van der Waals surface area contributed by atoms with Gasteiger partial charge in [0.1, 0.15) is 5.49 Å². The van der Waals surface area contributed by atoms with Crippen molar-refractivity contribution in [1.82, 2.24) is 19.3 Å². The first-order chi connectivity index (χ1) is 11.0. The van der Waals surface area contributed by atoms with E-state index in [1.54, 1.807) is 21.6 Å². The van der Waals surface area contributed by atoms with E-state index in [2.05, 4.69) is 15.1 Å². The normalized spacial score (nSPS) is 12.3. The number of hydrogen-bond donors (Lipinski definition) is 0. The van der Waals surface area contributed by atoms with Crippen molar-refractivity contribution < 1.29 is 4.79 Å². The summed E-state index contributed by atoms with van der Waals surface area (Å²) in [6.07, 6.45) is 3.31. The Morgan fingerprint density at radius 1 is 1.30 bits per heavy atom. The van der Waals surface area contributed by atoms with Crippen LogP contribution in [0, 0.1) is 6.92 Å². The minimum atomic E-state index is -0.150. The van der Waals surface area contributed by atoms with Gasteiger partial charge in [-0.3, -0.25) is 19.0 Å². The minimum Gasteiger partial charge on any atom is -0.268 e. The lowest BCUT2D eigenvalue weighted by Gasteiger charge is -2.07. The fraction of sp³-hybridized carbons (Fsp3) is 0.294. The molecule has 0 atom stereocenters. The van der Waals surface area contributed by atoms with Gasteiger partial charge in [-0.1, -0.05) is 6.07 Å². The number of nitrogens with zero attached hydrogens (tertiary/aromatic N) is 5. The molecule has 0 spiro atoms. The molecule has 0 fully saturated rings. The van der Waals surface area contributed by atoms with E-state index in [4.69, 9.17) is 0 Å². The molecule has 0 N–H and O–H groups in total. The molecule has 118 valence electrons. The van der Waals surface area contributed by atoms with Crippen molar-refractivity contribution >= 4 is 16.9 Å². The van der Waals surface area contributed by atoms with E-state index in [0.29, 0.717) is 11.1 Å². The lowest BCUT2D eigenvalue weighted by molar-refractivity contribution is 0.0954. The van der Waals surface area contributed by atoms with Gasteiger partial charge in [0.2, 0.25) is 0 Å². The van der Waals surface area contributed by atoms with Gasteiger partial charge in [0, 0.05) is 30.9 Å². The number of fused-ring (bicyclic) bond motifs is 1. The smallest absolute Gasteiger partial charge is 0.265 e. The average Bonchev–Trinajstić information content (AvgIpc) is 2.81. The van der Waals surface area contributed by atoms with E-state index >= 15 is 0 Å². The molecule has 0 aliphatic carbocycles. The quantitative estimate of drug-likeness (QED) is 0.728. The van der Waals surface area contributed by atoms with E-state index in [-0.39, 0.29) is 11.9 Å². The third-order valence-electron chi connectivity index (χ3n) is 3.56. The van der Waals surface area contributed by atoms with Crippen molar-refractivity contribution in [2.75, 3.05) is 0 Å². The molecule has 0 saturated heterocycles. The summed E-state index contributed by atoms with van der Waals surface area (Å²) >= 11 is 0. The standard InChI is InChI=1S/C17H19N5O/c1-11(2)19-15-7-5-6-8-22(15)17(23)13-9-14-12(3)20-21(4)16(14)18-10-13/h5-11H,1-4H3. The fourth-order valence-electron chi connectivity index (χ4n) is 2.54. The summed E-state index contributed by atoms with van der Waals surface area (Å²) in [4.78, 5) is 21.7. The molecule has 0 bridgehead atoms. The van der Waals surface area contributed by atoms with Gasteiger partial charge in [-0.2, -0.15) is 5.10 Å². The van der Waals surface area contributed by atoms with Gasteiger partial charge in [0.25, 0.3) is 5.91 Å². The zero-order chi connectivity index (χ0) is 16.6. The maximum atomic E-state index is 12.8. The molecule has 0 radical (unpaired) electrons. The van der Waals surface area contributed by atoms with Crippen LogP contribution in [0.4, 0.5) is 0 Å². The Labute approximate surface area is 134 Å². The number of rotatable bonds is 2. The van der Waals surface area contributed by atoms with E-state index < -0.39 is 0 Å². The molecule has 0 aromatic carbocycles. The number of pyridine rings is 2. The summed E-state index contributed by atoms with van der Waals surface area (Å²) in [6, 6.07) is 7.47. The van der Waals surface area contributed by atoms with E-state index in [9.17, 15) is 4.79 Å². The predicted molar refractivity (Wildman–Crippen MR) is 88.1 cm³/mol. The first-order valence-electron chi connectivity index (χ1n) is 7.53. The number of carbonyl (C=O) groups is 1. The second-order valence-electron chi connectivity index (χ2n) is 5.76. The maximum absolute atomic E-state index is 12.8. The molecule has 3 rings (SSSR count). The Kier molecular flexibility index (Phi) is 3.82. The summed E-state index contributed by atoms with van der Waals surface area (Å²) in [5, 5.41) is 5.22. The average molecular weight is 309 g/mol. The molecule has 6 heteroatoms. The summed E-state index contributed by atoms with van der Waals surface area (Å²) in [6.45, 7) is 5.87. The van der Waals surface area contributed by atoms with Crippen LogP contribution in [0.15, 0.2) is 41.7 Å². The second kappa shape index (κ2) is 5.79. The van der Waals surface area contributed by atoms with Crippen molar-refractivity contribution in [3.05, 3.63) is 53.4 Å². The van der Waals surface area contributed by atoms with Gasteiger partial charge in [0.15, 0.2) is 5.65 Å². The number of carbonyl (C=O) groups excluding carboxylic acids is 1. The molecule has 3 aromatic heterocycles. The zero-order valence-corrected chi connectivity index (χ0v) is 13.7. The van der Waals surface area contributed by atoms with Gasteiger partial charge in [0.05, 0.1) is 11.3 Å². The summed E-state index contributed by atoms with van der Waals surface area (Å²) in [5.74, 6) is -0.150. The molecule has 0 aliphatic rings. The molecule has 0 unspecified atom stereocenters. The van der Waals surface area contributed by atoms with Crippen LogP contribution >= 0.6 is 0 Å². The molecular formula is C17H19N5O. The van der Waals surface area contributed by atoms with E-state index in [1.807, 2.05) is 52.1 Å². The predicted octanol–water partition coefficient (Wildman–Crippen LogP) is 2.08. The van der Waals surface area contributed by atoms with Crippen molar-refractivity contribution in [3.63, 3.8) is 0 Å². The number of aryl methyl sites for hydroxylation is 2. The first-order valence-corrected chi connectivity index (χ1v) is 7.53. The Hall–Kier alpha value is -2.76. The van der Waals surface area contributed by atoms with Crippen LogP contribution in [0.2, 0.25) is 0 Å². The highest BCUT2D eigenvalue weighted by Gasteiger charge is 2.13. The van der Waals surface area contributed by atoms with Crippen LogP contribution < -0.4 is 5.49 Å². The highest BCUT2D eigenvalue weighted by Crippen LogP contribution is 2.16. The van der Waals surface area contributed by atoms with E-state index in [1.165, 1.54) is 0 Å². The van der Waals surface area contributed by atoms with Crippen LogP contribution in [0.3, 0.4) is 0 Å². The molecule has 6 nitrogen and oxygen atoms in total. The highest BCUT2D eigenvalue weighted by molar-refractivity contribution is 5.98. The third kappa shape index (κ3) is 2.79. The first kappa shape index (κ1) is 15.1. The van der Waals surface area contributed by atoms with Crippen LogP contribution in [0.5, 0.6) is 0 Å². The fourth-order valence-corrected chi connectivity index (χ4v) is 2.54. The van der Waals surface area contributed by atoms with Crippen molar-refractivity contribution in [2.45, 2.75) is 26.8 Å². The molecule has 23 heavy (non-hydrogen) atoms. The van der Waals surface area contributed by atoms with Gasteiger partial charge in [-0.15, -0.1) is 0 Å². The van der Waals surface area contributed by atoms with Gasteiger partial charge < -0.3 is 0 Å². The number of aromatic nitrogens is 4. The highest BCUT2D eigenvalue weighted by atomic mass is 16.2. The third-order valence-corrected chi connectivity index (χ3v) is 3.56. The topological polar surface area (TPSA) is 65.1 Å². The Bertz CT molecular complexity index is 949. The van der Waals surface area contributed by atoms with Gasteiger partial charge in [-0.05, 0) is 39.0 Å². The van der Waals surface area contributed by atoms with Gasteiger partial charge in [-0.25, -0.2) is 4.98 Å². The monoisotopic (exact) mass is 309 g/mol. The van der Waals surface area contributed by atoms with Crippen LogP contribution in [0.25, 0.3) is 11.0 Å². The van der Waals surface area contributed by atoms with Gasteiger partial charge >= 0.3 is 0 Å². The number of hydrogen-bond acceptors (Lipinski definition) is 4. The Morgan fingerprint density at radius 2 is 2.09 bits per heavy atom. The van der Waals surface area contributed by atoms with Crippen molar-refractivity contribution in [2.24, 2.45) is 12.0 Å². The van der Waals surface area contributed by atoms with Crippen LogP contribution in [0.1, 0.15) is 29.9 Å². The molecule has 0 saturated carbocycles. The summed E-state index contributed by atoms with van der Waals surface area (Å²) in [7, 11) is 1.84. The van der Waals surface area contributed by atoms with Crippen LogP contribution in [-0.4, -0.2) is 31.3 Å². The largest absolute Gasteiger partial charge is 0.268 e. The lowest BCUT2D eigenvalue weighted by atomic mass is 10.2. The SMILES string of the molecule is Cc1nn(C)c2ncc(C(=O)n3ccccc3=NC(C)C)cc12. The van der Waals surface area contributed by atoms with Crippen LogP contribution in [-0.2, 0) is 7.05 Å². The molecular weight excluding hydrogens is 290 g/mol. The van der Waals surface area contributed by atoms with Crippen molar-refractivity contribution in [3.8, 4) is 0 Å². The zero-order valence-electron chi connectivity index (χ0n) is 13.7. The molecule has 0 aliphatic heterocycles. The molecule has 3 heterocycles.